The van der Waals surface area contributed by atoms with E-state index in [0.717, 1.165) is 26.2 Å². The Morgan fingerprint density at radius 2 is 1.89 bits per heavy atom. The minimum atomic E-state index is -0.519. The normalized spacial score (nSPS) is 14.8. The van der Waals surface area contributed by atoms with Crippen molar-refractivity contribution >= 4 is 17.5 Å². The summed E-state index contributed by atoms with van der Waals surface area (Å²) in [5.41, 5.74) is 0.716. The van der Waals surface area contributed by atoms with Crippen molar-refractivity contribution in [2.75, 3.05) is 44.7 Å². The maximum Gasteiger partial charge on any atom is 0.338 e. The first-order chi connectivity index (χ1) is 13.0. The number of pyridine rings is 1. The lowest BCUT2D eigenvalue weighted by atomic mass is 10.0. The quantitative estimate of drug-likeness (QED) is 0.454. The van der Waals surface area contributed by atoms with Crippen molar-refractivity contribution in [1.82, 2.24) is 9.88 Å². The fraction of sp³-hybridized carbons (Fsp3) is 0.368. The summed E-state index contributed by atoms with van der Waals surface area (Å²) in [7, 11) is 2.06. The second kappa shape index (κ2) is 8.13. The van der Waals surface area contributed by atoms with E-state index in [0.29, 0.717) is 11.4 Å². The fourth-order valence-electron chi connectivity index (χ4n) is 3.08. The van der Waals surface area contributed by atoms with Crippen molar-refractivity contribution in [3.05, 3.63) is 52.1 Å². The molecule has 0 amide bonds. The second-order valence-electron chi connectivity index (χ2n) is 6.35. The summed E-state index contributed by atoms with van der Waals surface area (Å²) < 4.78 is 5.10. The molecule has 1 aliphatic rings. The zero-order valence-corrected chi connectivity index (χ0v) is 15.4. The van der Waals surface area contributed by atoms with E-state index in [9.17, 15) is 14.9 Å². The highest BCUT2D eigenvalue weighted by Gasteiger charge is 2.25. The fourth-order valence-corrected chi connectivity index (χ4v) is 3.08. The van der Waals surface area contributed by atoms with Crippen LogP contribution in [0.5, 0.6) is 0 Å². The van der Waals surface area contributed by atoms with Gasteiger partial charge in [-0.2, -0.15) is 0 Å². The van der Waals surface area contributed by atoms with Crippen LogP contribution in [0.15, 0.2) is 36.4 Å². The molecular weight excluding hydrogens is 348 g/mol. The van der Waals surface area contributed by atoms with E-state index >= 15 is 0 Å². The Balaban J connectivity index is 2.07. The van der Waals surface area contributed by atoms with Crippen LogP contribution in [0.4, 0.5) is 11.5 Å². The number of hydrogen-bond acceptors (Lipinski definition) is 7. The van der Waals surface area contributed by atoms with E-state index in [2.05, 4.69) is 21.8 Å². The molecule has 0 atom stereocenters. The molecular formula is C19H22N4O4. The molecule has 1 fully saturated rings. The van der Waals surface area contributed by atoms with Crippen molar-refractivity contribution < 1.29 is 14.5 Å². The number of hydrogen-bond donors (Lipinski definition) is 0. The van der Waals surface area contributed by atoms with Gasteiger partial charge in [-0.15, -0.1) is 0 Å². The highest BCUT2D eigenvalue weighted by molar-refractivity contribution is 5.98. The number of likely N-dealkylation sites (N-methyl/N-ethyl adjacent to an activating group) is 1. The third-order valence-electron chi connectivity index (χ3n) is 4.56. The highest BCUT2D eigenvalue weighted by atomic mass is 16.6. The maximum absolute atomic E-state index is 12.3. The number of aromatic nitrogens is 1. The molecule has 0 radical (unpaired) electrons. The van der Waals surface area contributed by atoms with E-state index in [1.54, 1.807) is 37.3 Å². The lowest BCUT2D eigenvalue weighted by molar-refractivity contribution is -0.384. The van der Waals surface area contributed by atoms with Gasteiger partial charge in [-0.3, -0.25) is 10.1 Å². The number of ether oxygens (including phenoxy) is 1. The van der Waals surface area contributed by atoms with E-state index in [1.807, 2.05) is 0 Å². The standard InChI is InChI=1S/C19H22N4O4/c1-3-27-19(24)15-7-5-4-6-14(15)18-16(23(25)26)8-9-17(20-18)22-12-10-21(2)11-13-22/h4-9H,3,10-13H2,1-2H3. The van der Waals surface area contributed by atoms with Gasteiger partial charge in [0, 0.05) is 37.8 Å². The topological polar surface area (TPSA) is 88.8 Å². The van der Waals surface area contributed by atoms with Crippen LogP contribution in [0.2, 0.25) is 0 Å². The summed E-state index contributed by atoms with van der Waals surface area (Å²) in [6.45, 7) is 5.32. The molecule has 27 heavy (non-hydrogen) atoms. The highest BCUT2D eigenvalue weighted by Crippen LogP contribution is 2.33. The Hall–Kier alpha value is -3.00. The van der Waals surface area contributed by atoms with Crippen molar-refractivity contribution in [3.8, 4) is 11.3 Å². The Kier molecular flexibility index (Phi) is 5.66. The zero-order valence-electron chi connectivity index (χ0n) is 15.4. The minimum absolute atomic E-state index is 0.135. The number of nitrogens with zero attached hydrogens (tertiary/aromatic N) is 4. The smallest absolute Gasteiger partial charge is 0.338 e. The Labute approximate surface area is 157 Å². The lowest BCUT2D eigenvalue weighted by Crippen LogP contribution is -2.44. The summed E-state index contributed by atoms with van der Waals surface area (Å²) in [4.78, 5) is 32.3. The summed E-state index contributed by atoms with van der Waals surface area (Å²) in [6.07, 6.45) is 0. The molecule has 0 unspecified atom stereocenters. The largest absolute Gasteiger partial charge is 0.462 e. The van der Waals surface area contributed by atoms with Crippen LogP contribution in [-0.2, 0) is 4.74 Å². The molecule has 142 valence electrons. The summed E-state index contributed by atoms with van der Waals surface area (Å²) >= 11 is 0. The number of carbonyl (C=O) groups is 1. The molecule has 8 nitrogen and oxygen atoms in total. The van der Waals surface area contributed by atoms with Gasteiger partial charge in [0.2, 0.25) is 0 Å². The molecule has 1 aromatic heterocycles. The monoisotopic (exact) mass is 370 g/mol. The molecule has 8 heteroatoms. The Morgan fingerprint density at radius 3 is 2.56 bits per heavy atom. The summed E-state index contributed by atoms with van der Waals surface area (Å²) in [6, 6.07) is 9.81. The van der Waals surface area contributed by atoms with Crippen LogP contribution < -0.4 is 4.90 Å². The van der Waals surface area contributed by atoms with Gasteiger partial charge in [-0.05, 0) is 26.1 Å². The van der Waals surface area contributed by atoms with Gasteiger partial charge in [-0.25, -0.2) is 9.78 Å². The van der Waals surface area contributed by atoms with Gasteiger partial charge in [0.25, 0.3) is 5.69 Å². The van der Waals surface area contributed by atoms with Gasteiger partial charge in [-0.1, -0.05) is 18.2 Å². The molecule has 1 saturated heterocycles. The number of piperazine rings is 1. The molecule has 1 aromatic carbocycles. The predicted molar refractivity (Wildman–Crippen MR) is 102 cm³/mol. The molecule has 1 aliphatic heterocycles. The first kappa shape index (κ1) is 18.8. The number of anilines is 1. The molecule has 2 heterocycles. The van der Waals surface area contributed by atoms with Crippen LogP contribution in [0.3, 0.4) is 0 Å². The van der Waals surface area contributed by atoms with Crippen molar-refractivity contribution in [2.45, 2.75) is 6.92 Å². The van der Waals surface area contributed by atoms with Gasteiger partial charge in [0.15, 0.2) is 5.69 Å². The SMILES string of the molecule is CCOC(=O)c1ccccc1-c1nc(N2CCN(C)CC2)ccc1[N+](=O)[O-]. The van der Waals surface area contributed by atoms with Crippen molar-refractivity contribution in [1.29, 1.82) is 0 Å². The average molecular weight is 370 g/mol. The minimum Gasteiger partial charge on any atom is -0.462 e. The molecule has 3 rings (SSSR count). The van der Waals surface area contributed by atoms with Crippen LogP contribution in [-0.4, -0.2) is 60.6 Å². The number of carbonyl (C=O) groups excluding carboxylic acids is 1. The third-order valence-corrected chi connectivity index (χ3v) is 4.56. The molecule has 0 spiro atoms. The van der Waals surface area contributed by atoms with Gasteiger partial charge < -0.3 is 14.5 Å². The zero-order chi connectivity index (χ0) is 19.4. The van der Waals surface area contributed by atoms with Crippen LogP contribution in [0.25, 0.3) is 11.3 Å². The summed E-state index contributed by atoms with van der Waals surface area (Å²) in [5, 5.41) is 11.6. The van der Waals surface area contributed by atoms with Crippen LogP contribution in [0, 0.1) is 10.1 Å². The number of rotatable bonds is 5. The predicted octanol–water partition coefficient (Wildman–Crippen LogP) is 2.59. The van der Waals surface area contributed by atoms with E-state index in [-0.39, 0.29) is 23.6 Å². The van der Waals surface area contributed by atoms with Crippen molar-refractivity contribution in [3.63, 3.8) is 0 Å². The Morgan fingerprint density at radius 1 is 1.19 bits per heavy atom. The van der Waals surface area contributed by atoms with E-state index in [4.69, 9.17) is 4.74 Å². The molecule has 0 aliphatic carbocycles. The van der Waals surface area contributed by atoms with E-state index < -0.39 is 10.9 Å². The third kappa shape index (κ3) is 4.06. The number of nitro groups is 1. The summed E-state index contributed by atoms with van der Waals surface area (Å²) in [5.74, 6) is 0.150. The van der Waals surface area contributed by atoms with Gasteiger partial charge in [0.05, 0.1) is 17.1 Å². The molecule has 0 bridgehead atoms. The molecule has 2 aromatic rings. The number of esters is 1. The maximum atomic E-state index is 12.3. The lowest BCUT2D eigenvalue weighted by Gasteiger charge is -2.33. The van der Waals surface area contributed by atoms with Crippen molar-refractivity contribution in [2.24, 2.45) is 0 Å². The average Bonchev–Trinajstić information content (AvgIpc) is 2.68. The number of benzene rings is 1. The van der Waals surface area contributed by atoms with E-state index in [1.165, 1.54) is 6.07 Å². The first-order valence-electron chi connectivity index (χ1n) is 8.86. The Bertz CT molecular complexity index is 847. The van der Waals surface area contributed by atoms with Crippen LogP contribution >= 0.6 is 0 Å². The van der Waals surface area contributed by atoms with Gasteiger partial charge >= 0.3 is 5.97 Å². The van der Waals surface area contributed by atoms with Crippen LogP contribution in [0.1, 0.15) is 17.3 Å². The first-order valence-corrected chi connectivity index (χ1v) is 8.86. The molecule has 0 N–H and O–H groups in total. The molecule has 0 saturated carbocycles. The van der Waals surface area contributed by atoms with Gasteiger partial charge in [0.1, 0.15) is 5.82 Å². The second-order valence-corrected chi connectivity index (χ2v) is 6.35.